The van der Waals surface area contributed by atoms with Crippen LogP contribution in [0.2, 0.25) is 0 Å². The molecule has 152 valence electrons. The summed E-state index contributed by atoms with van der Waals surface area (Å²) in [5.41, 5.74) is 1.20. The topological polar surface area (TPSA) is 107 Å². The maximum absolute atomic E-state index is 13.9. The highest BCUT2D eigenvalue weighted by atomic mass is 19.1. The smallest absolute Gasteiger partial charge is 0.295 e. The quantitative estimate of drug-likeness (QED) is 0.477. The molecule has 1 N–H and O–H groups in total. The Morgan fingerprint density at radius 2 is 1.90 bits per heavy atom. The van der Waals surface area contributed by atoms with Crippen molar-refractivity contribution in [3.8, 4) is 17.1 Å². The monoisotopic (exact) mass is 415 g/mol. The van der Waals surface area contributed by atoms with Crippen molar-refractivity contribution in [3.05, 3.63) is 77.2 Å². The molecule has 0 spiro atoms. The van der Waals surface area contributed by atoms with Gasteiger partial charge in [-0.05, 0) is 42.5 Å². The van der Waals surface area contributed by atoms with Crippen molar-refractivity contribution in [2.45, 2.75) is 0 Å². The maximum atomic E-state index is 13.9. The molecule has 0 bridgehead atoms. The number of hydrogen-bond donors (Lipinski definition) is 1. The Hall–Kier alpha value is -4.47. The van der Waals surface area contributed by atoms with Gasteiger partial charge in [0.25, 0.3) is 5.56 Å². The number of anilines is 2. The minimum atomic E-state index is -0.512. The summed E-state index contributed by atoms with van der Waals surface area (Å²) in [6.45, 7) is 0. The first-order valence-corrected chi connectivity index (χ1v) is 9.20. The van der Waals surface area contributed by atoms with Gasteiger partial charge < -0.3 is 10.1 Å². The summed E-state index contributed by atoms with van der Waals surface area (Å²) < 4.78 is 20.6. The van der Waals surface area contributed by atoms with Crippen molar-refractivity contribution < 1.29 is 9.13 Å². The van der Waals surface area contributed by atoms with Crippen LogP contribution in [0.3, 0.4) is 0 Å². The summed E-state index contributed by atoms with van der Waals surface area (Å²) in [7, 11) is 1.58. The standard InChI is InChI=1S/C21H14FN7O2/c1-31-14-5-2-12(3-6-14)18-27-19-15-10-13(22)4-7-16(15)25-21(29(19)28-18)26-17-11-23-8-9-24-20(17)30/h2-11H,1H3,(H,24,25,26,30). The minimum absolute atomic E-state index is 0.113. The van der Waals surface area contributed by atoms with Gasteiger partial charge >= 0.3 is 0 Å². The van der Waals surface area contributed by atoms with E-state index in [4.69, 9.17) is 4.74 Å². The molecule has 9 nitrogen and oxygen atoms in total. The van der Waals surface area contributed by atoms with Crippen LogP contribution in [0.15, 0.2) is 65.8 Å². The fourth-order valence-corrected chi connectivity index (χ4v) is 3.11. The van der Waals surface area contributed by atoms with Gasteiger partial charge in [0.2, 0.25) is 5.95 Å². The number of fused-ring (bicyclic) bond motifs is 3. The number of halogens is 1. The number of methoxy groups -OCH3 is 1. The van der Waals surface area contributed by atoms with Gasteiger partial charge in [-0.3, -0.25) is 9.78 Å². The Bertz CT molecular complexity index is 1490. The van der Waals surface area contributed by atoms with Crippen LogP contribution in [0.4, 0.5) is 16.0 Å². The maximum Gasteiger partial charge on any atom is 0.295 e. The number of rotatable bonds is 4. The molecular weight excluding hydrogens is 401 g/mol. The molecule has 0 aliphatic heterocycles. The SMILES string of the molecule is COc1ccc(-c2nc3c4cc(F)ccc4nc(Nc4cnccnc4=O)n3n2)cc1. The highest BCUT2D eigenvalue weighted by Gasteiger charge is 2.16. The molecule has 10 heteroatoms. The van der Waals surface area contributed by atoms with Gasteiger partial charge in [-0.2, -0.15) is 4.52 Å². The molecule has 0 aliphatic rings. The first-order valence-electron chi connectivity index (χ1n) is 9.20. The highest BCUT2D eigenvalue weighted by molar-refractivity contribution is 5.93. The summed E-state index contributed by atoms with van der Waals surface area (Å²) >= 11 is 0. The van der Waals surface area contributed by atoms with E-state index >= 15 is 0 Å². The van der Waals surface area contributed by atoms with Crippen LogP contribution in [-0.2, 0) is 0 Å². The van der Waals surface area contributed by atoms with Crippen LogP contribution in [0.5, 0.6) is 5.75 Å². The lowest BCUT2D eigenvalue weighted by atomic mass is 10.2. The number of nitrogens with zero attached hydrogens (tertiary/aromatic N) is 6. The molecule has 0 saturated carbocycles. The van der Waals surface area contributed by atoms with E-state index < -0.39 is 11.4 Å². The molecule has 2 aromatic carbocycles. The second-order valence-corrected chi connectivity index (χ2v) is 6.55. The lowest BCUT2D eigenvalue weighted by Crippen LogP contribution is -2.11. The van der Waals surface area contributed by atoms with Crippen molar-refractivity contribution >= 4 is 28.2 Å². The number of aromatic nitrogens is 6. The van der Waals surface area contributed by atoms with E-state index in [0.717, 1.165) is 5.56 Å². The van der Waals surface area contributed by atoms with Crippen molar-refractivity contribution in [3.63, 3.8) is 0 Å². The third-order valence-electron chi connectivity index (χ3n) is 4.61. The Labute approximate surface area is 174 Å². The van der Waals surface area contributed by atoms with Crippen LogP contribution in [-0.4, -0.2) is 36.7 Å². The van der Waals surface area contributed by atoms with Crippen molar-refractivity contribution in [2.24, 2.45) is 0 Å². The third-order valence-corrected chi connectivity index (χ3v) is 4.61. The van der Waals surface area contributed by atoms with E-state index in [2.05, 4.69) is 30.4 Å². The fraction of sp³-hybridized carbons (Fsp3) is 0.0476. The van der Waals surface area contributed by atoms with Gasteiger partial charge in [-0.1, -0.05) is 0 Å². The van der Waals surface area contributed by atoms with E-state index in [0.29, 0.717) is 28.1 Å². The Morgan fingerprint density at radius 3 is 2.71 bits per heavy atom. The molecule has 0 unspecified atom stereocenters. The molecule has 5 aromatic rings. The second-order valence-electron chi connectivity index (χ2n) is 6.55. The van der Waals surface area contributed by atoms with E-state index in [1.54, 1.807) is 19.2 Å². The van der Waals surface area contributed by atoms with Gasteiger partial charge in [0.1, 0.15) is 17.3 Å². The fourth-order valence-electron chi connectivity index (χ4n) is 3.11. The number of benzene rings is 2. The van der Waals surface area contributed by atoms with E-state index in [9.17, 15) is 9.18 Å². The third kappa shape index (κ3) is 3.39. The molecule has 0 saturated heterocycles. The summed E-state index contributed by atoms with van der Waals surface area (Å²) in [5, 5.41) is 7.94. The molecule has 3 heterocycles. The minimum Gasteiger partial charge on any atom is -0.497 e. The predicted molar refractivity (Wildman–Crippen MR) is 112 cm³/mol. The van der Waals surface area contributed by atoms with Crippen LogP contribution < -0.4 is 15.6 Å². The molecule has 31 heavy (non-hydrogen) atoms. The lowest BCUT2D eigenvalue weighted by molar-refractivity contribution is 0.415. The number of nitrogens with one attached hydrogen (secondary N) is 1. The molecular formula is C21H14FN7O2. The van der Waals surface area contributed by atoms with Crippen LogP contribution >= 0.6 is 0 Å². The summed E-state index contributed by atoms with van der Waals surface area (Å²) in [6.07, 6.45) is 4.05. The van der Waals surface area contributed by atoms with Gasteiger partial charge in [0, 0.05) is 23.3 Å². The average Bonchev–Trinajstić information content (AvgIpc) is 3.14. The lowest BCUT2D eigenvalue weighted by Gasteiger charge is -2.07. The van der Waals surface area contributed by atoms with Crippen LogP contribution in [0, 0.1) is 5.82 Å². The molecule has 5 rings (SSSR count). The first kappa shape index (κ1) is 18.6. The normalized spacial score (nSPS) is 11.0. The largest absolute Gasteiger partial charge is 0.497 e. The summed E-state index contributed by atoms with van der Waals surface area (Å²) in [4.78, 5) is 29.0. The van der Waals surface area contributed by atoms with Gasteiger partial charge in [-0.15, -0.1) is 5.10 Å². The zero-order valence-electron chi connectivity index (χ0n) is 16.2. The summed E-state index contributed by atoms with van der Waals surface area (Å²) in [5.74, 6) is 0.898. The molecule has 0 fully saturated rings. The van der Waals surface area contributed by atoms with Crippen LogP contribution in [0.25, 0.3) is 27.9 Å². The predicted octanol–water partition coefficient (Wildman–Crippen LogP) is 2.99. The molecule has 3 aromatic heterocycles. The van der Waals surface area contributed by atoms with Gasteiger partial charge in [-0.25, -0.2) is 19.3 Å². The van der Waals surface area contributed by atoms with Crippen LogP contribution in [0.1, 0.15) is 0 Å². The van der Waals surface area contributed by atoms with Crippen molar-refractivity contribution in [2.75, 3.05) is 12.4 Å². The highest BCUT2D eigenvalue weighted by Crippen LogP contribution is 2.26. The second kappa shape index (κ2) is 7.41. The van der Waals surface area contributed by atoms with Gasteiger partial charge in [0.15, 0.2) is 11.5 Å². The molecule has 0 atom stereocenters. The van der Waals surface area contributed by atoms with E-state index in [1.807, 2.05) is 12.1 Å². The Morgan fingerprint density at radius 1 is 1.06 bits per heavy atom. The number of hydrogen-bond acceptors (Lipinski definition) is 8. The molecule has 0 amide bonds. The molecule has 0 aliphatic carbocycles. The van der Waals surface area contributed by atoms with Gasteiger partial charge in [0.05, 0.1) is 18.8 Å². The van der Waals surface area contributed by atoms with Crippen molar-refractivity contribution in [1.82, 2.24) is 29.5 Å². The Balaban J connectivity index is 1.74. The first-order chi connectivity index (χ1) is 15.1. The van der Waals surface area contributed by atoms with Crippen molar-refractivity contribution in [1.29, 1.82) is 0 Å². The zero-order chi connectivity index (χ0) is 21.4. The average molecular weight is 415 g/mol. The van der Waals surface area contributed by atoms with E-state index in [-0.39, 0.29) is 11.6 Å². The zero-order valence-corrected chi connectivity index (χ0v) is 16.2. The number of ether oxygens (including phenoxy) is 1. The Kier molecular flexibility index (Phi) is 4.43. The summed E-state index contributed by atoms with van der Waals surface area (Å²) in [6, 6.07) is 11.4. The molecule has 0 radical (unpaired) electrons. The van der Waals surface area contributed by atoms with E-state index in [1.165, 1.54) is 41.3 Å².